The first-order valence-corrected chi connectivity index (χ1v) is 11.5. The number of benzene rings is 2. The molecule has 0 bridgehead atoms. The molecule has 3 rings (SSSR count). The Hall–Kier alpha value is -2.38. The fourth-order valence-corrected chi connectivity index (χ4v) is 5.42. The van der Waals surface area contributed by atoms with Crippen LogP contribution in [0.1, 0.15) is 34.8 Å². The number of nitrogens with zero attached hydrogens (tertiary/aromatic N) is 1. The monoisotopic (exact) mass is 434 g/mol. The topological polar surface area (TPSA) is 83.6 Å². The number of carbonyl (C=O) groups is 2. The lowest BCUT2D eigenvalue weighted by Gasteiger charge is -2.26. The van der Waals surface area contributed by atoms with Gasteiger partial charge in [-0.25, -0.2) is 8.42 Å². The van der Waals surface area contributed by atoms with E-state index in [2.05, 4.69) is 5.32 Å². The van der Waals surface area contributed by atoms with E-state index in [1.54, 1.807) is 31.3 Å². The zero-order valence-electron chi connectivity index (χ0n) is 16.0. The van der Waals surface area contributed by atoms with Crippen molar-refractivity contribution in [2.75, 3.05) is 18.6 Å². The molecule has 1 N–H and O–H groups in total. The quantitative estimate of drug-likeness (QED) is 0.757. The van der Waals surface area contributed by atoms with Crippen molar-refractivity contribution in [2.45, 2.75) is 24.9 Å². The molecule has 1 aliphatic heterocycles. The highest BCUT2D eigenvalue weighted by Gasteiger charge is 2.33. The summed E-state index contributed by atoms with van der Waals surface area (Å²) in [5.41, 5.74) is 1.12. The van der Waals surface area contributed by atoms with E-state index < -0.39 is 15.9 Å². The second kappa shape index (κ2) is 8.97. The van der Waals surface area contributed by atoms with Crippen LogP contribution in [-0.4, -0.2) is 49.7 Å². The van der Waals surface area contributed by atoms with Crippen LogP contribution in [0.4, 0.5) is 0 Å². The van der Waals surface area contributed by atoms with E-state index in [-0.39, 0.29) is 35.8 Å². The second-order valence-corrected chi connectivity index (χ2v) is 9.82. The first-order chi connectivity index (χ1) is 13.8. The molecule has 154 valence electrons. The molecule has 0 radical (unpaired) electrons. The van der Waals surface area contributed by atoms with E-state index in [0.717, 1.165) is 5.56 Å². The SMILES string of the molecule is CN(C(=O)C[C@@H](NC(=O)c1ccccc1Cl)c1ccccc1)[C@@H]1CCS(=O)(=O)C1. The lowest BCUT2D eigenvalue weighted by molar-refractivity contribution is -0.132. The fourth-order valence-electron chi connectivity index (χ4n) is 3.42. The number of nitrogens with one attached hydrogen (secondary N) is 1. The number of hydrogen-bond donors (Lipinski definition) is 1. The molecule has 1 fully saturated rings. The highest BCUT2D eigenvalue weighted by Crippen LogP contribution is 2.23. The average Bonchev–Trinajstić information content (AvgIpc) is 3.07. The predicted molar refractivity (Wildman–Crippen MR) is 113 cm³/mol. The van der Waals surface area contributed by atoms with Crippen LogP contribution in [0, 0.1) is 0 Å². The minimum absolute atomic E-state index is 0.0166. The minimum atomic E-state index is -3.09. The van der Waals surface area contributed by atoms with Crippen LogP contribution < -0.4 is 5.32 Å². The molecule has 0 unspecified atom stereocenters. The van der Waals surface area contributed by atoms with Crippen molar-refractivity contribution < 1.29 is 18.0 Å². The van der Waals surface area contributed by atoms with Crippen LogP contribution in [0.15, 0.2) is 54.6 Å². The summed E-state index contributed by atoms with van der Waals surface area (Å²) >= 11 is 6.12. The van der Waals surface area contributed by atoms with Gasteiger partial charge < -0.3 is 10.2 Å². The molecule has 0 aliphatic carbocycles. The first-order valence-electron chi connectivity index (χ1n) is 9.33. The standard InChI is InChI=1S/C21H23ClN2O4S/c1-24(16-11-12-29(27,28)14-16)20(25)13-19(15-7-3-2-4-8-15)23-21(26)17-9-5-6-10-18(17)22/h2-10,16,19H,11-14H2,1H3,(H,23,26)/t16-,19-/m1/s1. The van der Waals surface area contributed by atoms with Crippen molar-refractivity contribution >= 4 is 33.3 Å². The van der Waals surface area contributed by atoms with Crippen molar-refractivity contribution in [3.8, 4) is 0 Å². The third-order valence-electron chi connectivity index (χ3n) is 5.15. The summed E-state index contributed by atoms with van der Waals surface area (Å²) in [6.07, 6.45) is 0.458. The average molecular weight is 435 g/mol. The molecule has 6 nitrogen and oxygen atoms in total. The van der Waals surface area contributed by atoms with Gasteiger partial charge in [0.15, 0.2) is 9.84 Å². The van der Waals surface area contributed by atoms with Gasteiger partial charge in [0.05, 0.1) is 34.6 Å². The van der Waals surface area contributed by atoms with Crippen molar-refractivity contribution in [3.63, 3.8) is 0 Å². The maximum absolute atomic E-state index is 12.9. The highest BCUT2D eigenvalue weighted by molar-refractivity contribution is 7.91. The van der Waals surface area contributed by atoms with Crippen LogP contribution in [0.5, 0.6) is 0 Å². The molecule has 1 heterocycles. The maximum Gasteiger partial charge on any atom is 0.253 e. The molecule has 2 atom stereocenters. The number of sulfone groups is 1. The van der Waals surface area contributed by atoms with Gasteiger partial charge in [-0.3, -0.25) is 9.59 Å². The molecule has 2 aromatic rings. The highest BCUT2D eigenvalue weighted by atomic mass is 35.5. The Balaban J connectivity index is 1.77. The van der Waals surface area contributed by atoms with Gasteiger partial charge in [0.25, 0.3) is 5.91 Å². The van der Waals surface area contributed by atoms with Gasteiger partial charge >= 0.3 is 0 Å². The van der Waals surface area contributed by atoms with Gasteiger partial charge in [0.2, 0.25) is 5.91 Å². The molecule has 2 aromatic carbocycles. The third kappa shape index (κ3) is 5.36. The summed E-state index contributed by atoms with van der Waals surface area (Å²) in [6.45, 7) is 0. The van der Waals surface area contributed by atoms with Gasteiger partial charge in [-0.1, -0.05) is 54.1 Å². The van der Waals surface area contributed by atoms with Crippen LogP contribution in [0.2, 0.25) is 5.02 Å². The number of hydrogen-bond acceptors (Lipinski definition) is 4. The normalized spacial score (nSPS) is 18.8. The molecule has 0 spiro atoms. The molecule has 1 saturated heterocycles. The summed E-state index contributed by atoms with van der Waals surface area (Å²) in [5, 5.41) is 3.22. The Morgan fingerprint density at radius 2 is 1.79 bits per heavy atom. The fraction of sp³-hybridized carbons (Fsp3) is 0.333. The molecule has 29 heavy (non-hydrogen) atoms. The van der Waals surface area contributed by atoms with E-state index >= 15 is 0 Å². The summed E-state index contributed by atoms with van der Waals surface area (Å²) < 4.78 is 23.5. The summed E-state index contributed by atoms with van der Waals surface area (Å²) in [6, 6.07) is 15.0. The lowest BCUT2D eigenvalue weighted by Crippen LogP contribution is -2.40. The summed E-state index contributed by atoms with van der Waals surface area (Å²) in [7, 11) is -1.48. The maximum atomic E-state index is 12.9. The predicted octanol–water partition coefficient (Wildman–Crippen LogP) is 2.85. The Morgan fingerprint density at radius 1 is 1.14 bits per heavy atom. The summed E-state index contributed by atoms with van der Waals surface area (Å²) in [5.74, 6) is -0.513. The molecule has 2 amide bonds. The second-order valence-electron chi connectivity index (χ2n) is 7.18. The zero-order chi connectivity index (χ0) is 21.0. The largest absolute Gasteiger partial charge is 0.345 e. The Labute approximate surface area is 175 Å². The van der Waals surface area contributed by atoms with Gasteiger partial charge in [-0.05, 0) is 24.1 Å². The van der Waals surface area contributed by atoms with Crippen molar-refractivity contribution in [1.82, 2.24) is 10.2 Å². The van der Waals surface area contributed by atoms with Gasteiger partial charge in [0, 0.05) is 13.1 Å². The van der Waals surface area contributed by atoms with Gasteiger partial charge in [0.1, 0.15) is 0 Å². The third-order valence-corrected chi connectivity index (χ3v) is 7.23. The molecule has 1 aliphatic rings. The van der Waals surface area contributed by atoms with E-state index in [1.807, 2.05) is 30.3 Å². The number of amides is 2. The van der Waals surface area contributed by atoms with Crippen LogP contribution in [-0.2, 0) is 14.6 Å². The molecule has 8 heteroatoms. The van der Waals surface area contributed by atoms with E-state index in [0.29, 0.717) is 17.0 Å². The van der Waals surface area contributed by atoms with E-state index in [1.165, 1.54) is 4.90 Å². The zero-order valence-corrected chi connectivity index (χ0v) is 17.6. The van der Waals surface area contributed by atoms with Gasteiger partial charge in [-0.15, -0.1) is 0 Å². The van der Waals surface area contributed by atoms with Crippen molar-refractivity contribution in [3.05, 3.63) is 70.7 Å². The smallest absolute Gasteiger partial charge is 0.253 e. The van der Waals surface area contributed by atoms with E-state index in [4.69, 9.17) is 11.6 Å². The minimum Gasteiger partial charge on any atom is -0.345 e. The molecule has 0 saturated carbocycles. The molecular weight excluding hydrogens is 412 g/mol. The Kier molecular flexibility index (Phi) is 6.59. The summed E-state index contributed by atoms with van der Waals surface area (Å²) in [4.78, 5) is 27.1. The van der Waals surface area contributed by atoms with Crippen LogP contribution in [0.3, 0.4) is 0 Å². The first kappa shape index (κ1) is 21.3. The van der Waals surface area contributed by atoms with Crippen molar-refractivity contribution in [2.24, 2.45) is 0 Å². The van der Waals surface area contributed by atoms with Crippen LogP contribution in [0.25, 0.3) is 0 Å². The molecule has 0 aromatic heterocycles. The van der Waals surface area contributed by atoms with Gasteiger partial charge in [-0.2, -0.15) is 0 Å². The Morgan fingerprint density at radius 3 is 2.41 bits per heavy atom. The number of rotatable bonds is 6. The van der Waals surface area contributed by atoms with E-state index in [9.17, 15) is 18.0 Å². The van der Waals surface area contributed by atoms with Crippen LogP contribution >= 0.6 is 11.6 Å². The van der Waals surface area contributed by atoms with Crippen molar-refractivity contribution in [1.29, 1.82) is 0 Å². The number of carbonyl (C=O) groups excluding carboxylic acids is 2. The lowest BCUT2D eigenvalue weighted by atomic mass is 10.0. The number of halogens is 1. The molecular formula is C21H23ClN2O4S. The Bertz CT molecular complexity index is 995.